The molecule has 1 amide bonds. The Kier molecular flexibility index (Phi) is 7.52. The number of nitrogens with two attached hydrogens (primary N) is 1. The van der Waals surface area contributed by atoms with Gasteiger partial charge >= 0.3 is 0 Å². The number of nitrogens with zero attached hydrogens (tertiary/aromatic N) is 2. The maximum Gasteiger partial charge on any atom is 0.224 e. The highest BCUT2D eigenvalue weighted by molar-refractivity contribution is 5.77. The molecule has 0 aromatic carbocycles. The SMILES string of the molecule is CCN(CC)CCCN(CC)C(=O)CC1(N)CCCC1. The highest BCUT2D eigenvalue weighted by Gasteiger charge is 2.32. The lowest BCUT2D eigenvalue weighted by atomic mass is 9.94. The summed E-state index contributed by atoms with van der Waals surface area (Å²) >= 11 is 0. The van der Waals surface area contributed by atoms with Crippen LogP contribution in [0.4, 0.5) is 0 Å². The van der Waals surface area contributed by atoms with Crippen molar-refractivity contribution in [3.8, 4) is 0 Å². The van der Waals surface area contributed by atoms with Gasteiger partial charge in [0.05, 0.1) is 0 Å². The highest BCUT2D eigenvalue weighted by atomic mass is 16.2. The largest absolute Gasteiger partial charge is 0.343 e. The van der Waals surface area contributed by atoms with Crippen LogP contribution in [0.25, 0.3) is 0 Å². The molecule has 118 valence electrons. The van der Waals surface area contributed by atoms with Gasteiger partial charge in [-0.25, -0.2) is 0 Å². The van der Waals surface area contributed by atoms with Crippen molar-refractivity contribution in [3.63, 3.8) is 0 Å². The maximum atomic E-state index is 12.4. The second-order valence-corrected chi connectivity index (χ2v) is 6.10. The van der Waals surface area contributed by atoms with Crippen molar-refractivity contribution in [1.82, 2.24) is 9.80 Å². The maximum absolute atomic E-state index is 12.4. The van der Waals surface area contributed by atoms with Crippen molar-refractivity contribution in [3.05, 3.63) is 0 Å². The van der Waals surface area contributed by atoms with Crippen LogP contribution in [0.2, 0.25) is 0 Å². The summed E-state index contributed by atoms with van der Waals surface area (Å²) in [6, 6.07) is 0. The lowest BCUT2D eigenvalue weighted by molar-refractivity contribution is -0.132. The molecule has 4 heteroatoms. The Morgan fingerprint density at radius 3 is 2.15 bits per heavy atom. The van der Waals surface area contributed by atoms with E-state index in [4.69, 9.17) is 5.73 Å². The molecule has 0 bridgehead atoms. The Morgan fingerprint density at radius 2 is 1.65 bits per heavy atom. The molecule has 20 heavy (non-hydrogen) atoms. The van der Waals surface area contributed by atoms with Gasteiger partial charge in [0.15, 0.2) is 0 Å². The van der Waals surface area contributed by atoms with Gasteiger partial charge in [0.2, 0.25) is 5.91 Å². The van der Waals surface area contributed by atoms with Gasteiger partial charge in [0.25, 0.3) is 0 Å². The molecule has 0 radical (unpaired) electrons. The first kappa shape index (κ1) is 17.4. The van der Waals surface area contributed by atoms with E-state index in [1.165, 1.54) is 12.8 Å². The molecule has 0 spiro atoms. The van der Waals surface area contributed by atoms with Crippen molar-refractivity contribution in [2.75, 3.05) is 32.7 Å². The van der Waals surface area contributed by atoms with E-state index in [-0.39, 0.29) is 11.4 Å². The first-order valence-corrected chi connectivity index (χ1v) is 8.33. The fourth-order valence-electron chi connectivity index (χ4n) is 3.15. The quantitative estimate of drug-likeness (QED) is 0.706. The van der Waals surface area contributed by atoms with Gasteiger partial charge in [0, 0.05) is 25.0 Å². The van der Waals surface area contributed by atoms with Crippen molar-refractivity contribution in [2.45, 2.75) is 64.8 Å². The summed E-state index contributed by atoms with van der Waals surface area (Å²) in [5.74, 6) is 0.247. The third kappa shape index (κ3) is 5.41. The fourth-order valence-corrected chi connectivity index (χ4v) is 3.15. The lowest BCUT2D eigenvalue weighted by Crippen LogP contribution is -2.44. The smallest absolute Gasteiger partial charge is 0.224 e. The van der Waals surface area contributed by atoms with E-state index in [0.29, 0.717) is 6.42 Å². The molecule has 0 unspecified atom stereocenters. The summed E-state index contributed by atoms with van der Waals surface area (Å²) < 4.78 is 0. The topological polar surface area (TPSA) is 49.6 Å². The molecule has 1 rings (SSSR count). The molecule has 4 nitrogen and oxygen atoms in total. The van der Waals surface area contributed by atoms with Gasteiger partial charge in [-0.05, 0) is 45.8 Å². The minimum Gasteiger partial charge on any atom is -0.343 e. The summed E-state index contributed by atoms with van der Waals surface area (Å²) in [7, 11) is 0. The number of hydrogen-bond donors (Lipinski definition) is 1. The Hall–Kier alpha value is -0.610. The van der Waals surface area contributed by atoms with Crippen LogP contribution in [0.5, 0.6) is 0 Å². The molecule has 1 fully saturated rings. The second kappa shape index (κ2) is 8.63. The molecule has 0 atom stereocenters. The van der Waals surface area contributed by atoms with Crippen LogP contribution in [0.15, 0.2) is 0 Å². The first-order chi connectivity index (χ1) is 9.54. The zero-order valence-electron chi connectivity index (χ0n) is 13.7. The average Bonchev–Trinajstić information content (AvgIpc) is 2.85. The third-order valence-corrected chi connectivity index (χ3v) is 4.63. The number of carbonyl (C=O) groups excluding carboxylic acids is 1. The Labute approximate surface area is 124 Å². The summed E-state index contributed by atoms with van der Waals surface area (Å²) in [5.41, 5.74) is 6.10. The molecule has 0 heterocycles. The Bertz CT molecular complexity index is 283. The van der Waals surface area contributed by atoms with Crippen LogP contribution in [0, 0.1) is 0 Å². The summed E-state index contributed by atoms with van der Waals surface area (Å²) in [5, 5.41) is 0. The van der Waals surface area contributed by atoms with Gasteiger partial charge in [-0.15, -0.1) is 0 Å². The van der Waals surface area contributed by atoms with Crippen molar-refractivity contribution in [1.29, 1.82) is 0 Å². The minimum absolute atomic E-state index is 0.219. The molecule has 0 aliphatic heterocycles. The van der Waals surface area contributed by atoms with E-state index in [1.54, 1.807) is 0 Å². The van der Waals surface area contributed by atoms with Gasteiger partial charge in [-0.2, -0.15) is 0 Å². The zero-order chi connectivity index (χ0) is 15.0. The van der Waals surface area contributed by atoms with Crippen LogP contribution < -0.4 is 5.73 Å². The van der Waals surface area contributed by atoms with Crippen LogP contribution >= 0.6 is 0 Å². The second-order valence-electron chi connectivity index (χ2n) is 6.10. The number of amides is 1. The van der Waals surface area contributed by atoms with E-state index in [9.17, 15) is 4.79 Å². The van der Waals surface area contributed by atoms with Gasteiger partial charge in [0.1, 0.15) is 0 Å². The normalized spacial score (nSPS) is 17.6. The van der Waals surface area contributed by atoms with E-state index < -0.39 is 0 Å². The molecule has 0 saturated heterocycles. The van der Waals surface area contributed by atoms with Crippen LogP contribution in [0.1, 0.15) is 59.3 Å². The van der Waals surface area contributed by atoms with Gasteiger partial charge in [-0.1, -0.05) is 26.7 Å². The monoisotopic (exact) mass is 283 g/mol. The predicted molar refractivity (Wildman–Crippen MR) is 84.7 cm³/mol. The Morgan fingerprint density at radius 1 is 1.05 bits per heavy atom. The van der Waals surface area contributed by atoms with Crippen LogP contribution in [-0.2, 0) is 4.79 Å². The van der Waals surface area contributed by atoms with Crippen molar-refractivity contribution >= 4 is 5.91 Å². The molecular weight excluding hydrogens is 250 g/mol. The molecule has 0 aromatic rings. The van der Waals surface area contributed by atoms with Crippen molar-refractivity contribution < 1.29 is 4.79 Å². The number of hydrogen-bond acceptors (Lipinski definition) is 3. The highest BCUT2D eigenvalue weighted by Crippen LogP contribution is 2.30. The van der Waals surface area contributed by atoms with E-state index >= 15 is 0 Å². The lowest BCUT2D eigenvalue weighted by Gasteiger charge is -2.28. The van der Waals surface area contributed by atoms with E-state index in [0.717, 1.165) is 52.0 Å². The summed E-state index contributed by atoms with van der Waals surface area (Å²) in [6.45, 7) is 11.3. The molecule has 0 aromatic heterocycles. The molecule has 2 N–H and O–H groups in total. The fraction of sp³-hybridized carbons (Fsp3) is 0.938. The summed E-state index contributed by atoms with van der Waals surface area (Å²) in [6.07, 6.45) is 5.96. The Balaban J connectivity index is 2.35. The van der Waals surface area contributed by atoms with E-state index in [2.05, 4.69) is 25.7 Å². The predicted octanol–water partition coefficient (Wildman–Crippen LogP) is 2.23. The van der Waals surface area contributed by atoms with Crippen LogP contribution in [0.3, 0.4) is 0 Å². The molecule has 1 aliphatic carbocycles. The number of carbonyl (C=O) groups is 1. The van der Waals surface area contributed by atoms with Crippen molar-refractivity contribution in [2.24, 2.45) is 5.73 Å². The summed E-state index contributed by atoms with van der Waals surface area (Å²) in [4.78, 5) is 16.8. The minimum atomic E-state index is -0.219. The van der Waals surface area contributed by atoms with Gasteiger partial charge < -0.3 is 15.5 Å². The standard InChI is InChI=1S/C16H33N3O/c1-4-18(5-2)12-9-13-19(6-3)15(20)14-16(17)10-7-8-11-16/h4-14,17H2,1-3H3. The number of rotatable bonds is 9. The van der Waals surface area contributed by atoms with Gasteiger partial charge in [-0.3, -0.25) is 4.79 Å². The van der Waals surface area contributed by atoms with Crippen LogP contribution in [-0.4, -0.2) is 54.0 Å². The molecule has 1 aliphatic rings. The molecular formula is C16H33N3O. The molecule has 1 saturated carbocycles. The third-order valence-electron chi connectivity index (χ3n) is 4.63. The zero-order valence-corrected chi connectivity index (χ0v) is 13.7. The average molecular weight is 283 g/mol. The first-order valence-electron chi connectivity index (χ1n) is 8.33. The van der Waals surface area contributed by atoms with E-state index in [1.807, 2.05) is 4.90 Å².